The standard InChI is InChI=1S/C21H25FN2O4/c1-13-10-23(11-14(2)28-13)19-18(15-5-7-16(22)8-6-15)20(25)24(21(19)26)12-17-4-3-9-27-17/h5-8,13-14,17H,3-4,9-12H2,1-2H3. The van der Waals surface area contributed by atoms with Gasteiger partial charge in [-0.05, 0) is 44.4 Å². The van der Waals surface area contributed by atoms with Gasteiger partial charge in [-0.1, -0.05) is 12.1 Å². The van der Waals surface area contributed by atoms with E-state index in [2.05, 4.69) is 0 Å². The Balaban J connectivity index is 1.72. The summed E-state index contributed by atoms with van der Waals surface area (Å²) in [5, 5.41) is 0. The first-order valence-corrected chi connectivity index (χ1v) is 9.82. The Hall–Kier alpha value is -2.25. The number of imide groups is 1. The van der Waals surface area contributed by atoms with Gasteiger partial charge in [0, 0.05) is 19.7 Å². The van der Waals surface area contributed by atoms with Gasteiger partial charge in [0.15, 0.2) is 0 Å². The van der Waals surface area contributed by atoms with Crippen LogP contribution < -0.4 is 0 Å². The first-order valence-electron chi connectivity index (χ1n) is 9.82. The van der Waals surface area contributed by atoms with E-state index in [0.29, 0.717) is 36.5 Å². The first-order chi connectivity index (χ1) is 13.4. The highest BCUT2D eigenvalue weighted by Crippen LogP contribution is 2.34. The number of rotatable bonds is 4. The topological polar surface area (TPSA) is 59.1 Å². The van der Waals surface area contributed by atoms with Crippen molar-refractivity contribution >= 4 is 17.4 Å². The number of hydrogen-bond acceptors (Lipinski definition) is 5. The van der Waals surface area contributed by atoms with Gasteiger partial charge in [0.05, 0.1) is 30.4 Å². The van der Waals surface area contributed by atoms with Crippen LogP contribution in [0.1, 0.15) is 32.3 Å². The van der Waals surface area contributed by atoms with E-state index in [1.165, 1.54) is 17.0 Å². The highest BCUT2D eigenvalue weighted by Gasteiger charge is 2.44. The molecule has 2 fully saturated rings. The largest absolute Gasteiger partial charge is 0.376 e. The molecule has 6 nitrogen and oxygen atoms in total. The maximum atomic E-state index is 13.4. The zero-order valence-electron chi connectivity index (χ0n) is 16.2. The normalized spacial score (nSPS) is 28.6. The Morgan fingerprint density at radius 2 is 1.75 bits per heavy atom. The molecule has 4 rings (SSSR count). The van der Waals surface area contributed by atoms with Crippen LogP contribution in [0.5, 0.6) is 0 Å². The van der Waals surface area contributed by atoms with Gasteiger partial charge >= 0.3 is 0 Å². The molecule has 1 aromatic rings. The summed E-state index contributed by atoms with van der Waals surface area (Å²) in [6.07, 6.45) is 1.54. The van der Waals surface area contributed by atoms with Gasteiger partial charge in [-0.3, -0.25) is 14.5 Å². The van der Waals surface area contributed by atoms with E-state index in [1.54, 1.807) is 12.1 Å². The number of morpholine rings is 1. The van der Waals surface area contributed by atoms with Crippen molar-refractivity contribution in [3.63, 3.8) is 0 Å². The van der Waals surface area contributed by atoms with Crippen LogP contribution >= 0.6 is 0 Å². The second kappa shape index (κ2) is 7.64. The molecule has 3 heterocycles. The van der Waals surface area contributed by atoms with E-state index in [9.17, 15) is 14.0 Å². The molecule has 0 aromatic heterocycles. The van der Waals surface area contributed by atoms with Gasteiger partial charge in [-0.2, -0.15) is 0 Å². The van der Waals surface area contributed by atoms with Crippen molar-refractivity contribution in [1.29, 1.82) is 0 Å². The Labute approximate surface area is 163 Å². The van der Waals surface area contributed by atoms with E-state index < -0.39 is 0 Å². The van der Waals surface area contributed by atoms with Gasteiger partial charge in [-0.25, -0.2) is 4.39 Å². The Morgan fingerprint density at radius 3 is 2.36 bits per heavy atom. The Bertz CT molecular complexity index is 791. The van der Waals surface area contributed by atoms with Crippen molar-refractivity contribution in [2.45, 2.75) is 45.0 Å². The molecule has 150 valence electrons. The molecule has 1 aromatic carbocycles. The predicted molar refractivity (Wildman–Crippen MR) is 101 cm³/mol. The molecule has 0 spiro atoms. The fourth-order valence-corrected chi connectivity index (χ4v) is 4.25. The van der Waals surface area contributed by atoms with Crippen LogP contribution in [0.25, 0.3) is 5.57 Å². The molecule has 0 N–H and O–H groups in total. The van der Waals surface area contributed by atoms with Crippen LogP contribution in [0.2, 0.25) is 0 Å². The minimum Gasteiger partial charge on any atom is -0.376 e. The number of halogens is 1. The number of ether oxygens (including phenoxy) is 2. The molecule has 0 saturated carbocycles. The van der Waals surface area contributed by atoms with Crippen molar-refractivity contribution in [1.82, 2.24) is 9.80 Å². The lowest BCUT2D eigenvalue weighted by atomic mass is 10.0. The van der Waals surface area contributed by atoms with Crippen LogP contribution in [0.3, 0.4) is 0 Å². The summed E-state index contributed by atoms with van der Waals surface area (Å²) >= 11 is 0. The van der Waals surface area contributed by atoms with Gasteiger partial charge in [0.1, 0.15) is 11.5 Å². The van der Waals surface area contributed by atoms with Gasteiger partial charge in [-0.15, -0.1) is 0 Å². The summed E-state index contributed by atoms with van der Waals surface area (Å²) in [4.78, 5) is 29.8. The average Bonchev–Trinajstić information content (AvgIpc) is 3.24. The highest BCUT2D eigenvalue weighted by molar-refractivity contribution is 6.35. The smallest absolute Gasteiger partial charge is 0.277 e. The molecule has 3 aliphatic heterocycles. The van der Waals surface area contributed by atoms with Gasteiger partial charge < -0.3 is 14.4 Å². The SMILES string of the molecule is CC1CN(C2=C(c3ccc(F)cc3)C(=O)N(CC3CCCO3)C2=O)CC(C)O1. The first kappa shape index (κ1) is 19.1. The third kappa shape index (κ3) is 3.56. The molecule has 28 heavy (non-hydrogen) atoms. The molecule has 7 heteroatoms. The second-order valence-electron chi connectivity index (χ2n) is 7.75. The molecule has 0 aliphatic carbocycles. The maximum absolute atomic E-state index is 13.4. The molecule has 3 unspecified atom stereocenters. The maximum Gasteiger partial charge on any atom is 0.277 e. The molecule has 2 amide bonds. The number of amides is 2. The summed E-state index contributed by atoms with van der Waals surface area (Å²) in [6.45, 7) is 5.86. The van der Waals surface area contributed by atoms with Crippen LogP contribution in [-0.4, -0.2) is 66.2 Å². The number of nitrogens with zero attached hydrogens (tertiary/aromatic N) is 2. The van der Waals surface area contributed by atoms with Crippen LogP contribution in [0.15, 0.2) is 30.0 Å². The monoisotopic (exact) mass is 388 g/mol. The number of benzene rings is 1. The molecule has 2 saturated heterocycles. The van der Waals surface area contributed by atoms with Gasteiger partial charge in [0.2, 0.25) is 0 Å². The Morgan fingerprint density at radius 1 is 1.07 bits per heavy atom. The van der Waals surface area contributed by atoms with Crippen molar-refractivity contribution in [2.75, 3.05) is 26.2 Å². The Kier molecular flexibility index (Phi) is 5.21. The zero-order chi connectivity index (χ0) is 19.8. The van der Waals surface area contributed by atoms with Crippen molar-refractivity contribution in [2.24, 2.45) is 0 Å². The average molecular weight is 388 g/mol. The van der Waals surface area contributed by atoms with Crippen LogP contribution in [-0.2, 0) is 19.1 Å². The third-order valence-corrected chi connectivity index (χ3v) is 5.42. The van der Waals surface area contributed by atoms with E-state index in [-0.39, 0.29) is 42.5 Å². The molecule has 3 aliphatic rings. The van der Waals surface area contributed by atoms with Crippen molar-refractivity contribution < 1.29 is 23.5 Å². The van der Waals surface area contributed by atoms with Crippen molar-refractivity contribution in [3.05, 3.63) is 41.3 Å². The predicted octanol–water partition coefficient (Wildman–Crippen LogP) is 2.19. The number of carbonyl (C=O) groups is 2. The van der Waals surface area contributed by atoms with E-state index in [4.69, 9.17) is 9.47 Å². The third-order valence-electron chi connectivity index (χ3n) is 5.42. The summed E-state index contributed by atoms with van der Waals surface area (Å²) in [7, 11) is 0. The number of hydrogen-bond donors (Lipinski definition) is 0. The molecule has 3 atom stereocenters. The van der Waals surface area contributed by atoms with Crippen molar-refractivity contribution in [3.8, 4) is 0 Å². The fourth-order valence-electron chi connectivity index (χ4n) is 4.25. The summed E-state index contributed by atoms with van der Waals surface area (Å²) in [5.74, 6) is -1.03. The summed E-state index contributed by atoms with van der Waals surface area (Å²) < 4.78 is 24.8. The van der Waals surface area contributed by atoms with Crippen LogP contribution in [0.4, 0.5) is 4.39 Å². The van der Waals surface area contributed by atoms with Crippen LogP contribution in [0, 0.1) is 5.82 Å². The molecular weight excluding hydrogens is 363 g/mol. The lowest BCUT2D eigenvalue weighted by Gasteiger charge is -2.37. The molecular formula is C21H25FN2O4. The molecule has 0 bridgehead atoms. The highest BCUT2D eigenvalue weighted by atomic mass is 19.1. The van der Waals surface area contributed by atoms with E-state index >= 15 is 0 Å². The minimum absolute atomic E-state index is 0.0548. The van der Waals surface area contributed by atoms with Gasteiger partial charge in [0.25, 0.3) is 11.8 Å². The second-order valence-corrected chi connectivity index (χ2v) is 7.75. The number of carbonyl (C=O) groups excluding carboxylic acids is 2. The lowest BCUT2D eigenvalue weighted by molar-refractivity contribution is -0.140. The summed E-state index contributed by atoms with van der Waals surface area (Å²) in [5.41, 5.74) is 1.28. The zero-order valence-corrected chi connectivity index (χ0v) is 16.2. The lowest BCUT2D eigenvalue weighted by Crippen LogP contribution is -2.47. The molecule has 0 radical (unpaired) electrons. The fraction of sp³-hybridized carbons (Fsp3) is 0.524. The quantitative estimate of drug-likeness (QED) is 0.740. The summed E-state index contributed by atoms with van der Waals surface area (Å²) in [6, 6.07) is 5.73. The minimum atomic E-state index is -0.382. The van der Waals surface area contributed by atoms with E-state index in [1.807, 2.05) is 18.7 Å². The van der Waals surface area contributed by atoms with E-state index in [0.717, 1.165) is 12.8 Å².